The number of nitrogens with one attached hydrogen (secondary N) is 1. The predicted octanol–water partition coefficient (Wildman–Crippen LogP) is 5.53. The van der Waals surface area contributed by atoms with Crippen molar-refractivity contribution in [3.63, 3.8) is 0 Å². The second kappa shape index (κ2) is 5.99. The minimum Gasteiger partial charge on any atom is -0.361 e. The number of aromatic amines is 1. The second-order valence-electron chi connectivity index (χ2n) is 5.09. The first-order valence-corrected chi connectivity index (χ1v) is 7.56. The van der Waals surface area contributed by atoms with Crippen molar-refractivity contribution in [1.82, 2.24) is 4.98 Å². The molecule has 110 valence electrons. The monoisotopic (exact) mass is 329 g/mol. The van der Waals surface area contributed by atoms with E-state index < -0.39 is 0 Å². The molecule has 1 heterocycles. The van der Waals surface area contributed by atoms with Crippen LogP contribution in [0.3, 0.4) is 0 Å². The maximum Gasteiger partial charge on any atom is 0.196 e. The van der Waals surface area contributed by atoms with Crippen molar-refractivity contribution in [3.05, 3.63) is 81.5 Å². The SMILES string of the molecule is Cc1ccc(-c2[nH]ccc2C(=O)c2ccc(Cl)cc2Cl)cc1. The molecule has 2 aromatic carbocycles. The van der Waals surface area contributed by atoms with Crippen LogP contribution in [0.1, 0.15) is 21.5 Å². The van der Waals surface area contributed by atoms with Crippen LogP contribution in [0.5, 0.6) is 0 Å². The van der Waals surface area contributed by atoms with Crippen LogP contribution < -0.4 is 0 Å². The molecule has 0 spiro atoms. The van der Waals surface area contributed by atoms with Gasteiger partial charge in [0.05, 0.1) is 10.7 Å². The average Bonchev–Trinajstić information content (AvgIpc) is 2.97. The molecule has 0 saturated heterocycles. The van der Waals surface area contributed by atoms with E-state index in [-0.39, 0.29) is 5.78 Å². The van der Waals surface area contributed by atoms with E-state index in [0.717, 1.165) is 11.3 Å². The molecule has 0 atom stereocenters. The van der Waals surface area contributed by atoms with Gasteiger partial charge >= 0.3 is 0 Å². The Hall–Kier alpha value is -2.03. The summed E-state index contributed by atoms with van der Waals surface area (Å²) in [6.07, 6.45) is 1.76. The summed E-state index contributed by atoms with van der Waals surface area (Å²) in [6.45, 7) is 2.03. The Bertz CT molecular complexity index is 835. The highest BCUT2D eigenvalue weighted by Gasteiger charge is 2.18. The maximum atomic E-state index is 12.8. The first kappa shape index (κ1) is 14.9. The molecule has 3 aromatic rings. The lowest BCUT2D eigenvalue weighted by Gasteiger charge is -2.06. The number of aryl methyl sites for hydroxylation is 1. The Kier molecular flexibility index (Phi) is 4.06. The molecule has 3 rings (SSSR count). The summed E-state index contributed by atoms with van der Waals surface area (Å²) in [6, 6.07) is 14.7. The largest absolute Gasteiger partial charge is 0.361 e. The highest BCUT2D eigenvalue weighted by molar-refractivity contribution is 6.37. The molecule has 0 amide bonds. The van der Waals surface area contributed by atoms with Crippen molar-refractivity contribution in [2.24, 2.45) is 0 Å². The number of rotatable bonds is 3. The third kappa shape index (κ3) is 2.80. The number of benzene rings is 2. The summed E-state index contributed by atoms with van der Waals surface area (Å²) < 4.78 is 0. The maximum absolute atomic E-state index is 12.8. The van der Waals surface area contributed by atoms with Gasteiger partial charge in [0, 0.05) is 22.3 Å². The number of ketones is 1. The summed E-state index contributed by atoms with van der Waals surface area (Å²) in [5.41, 5.74) is 3.95. The van der Waals surface area contributed by atoms with E-state index in [2.05, 4.69) is 4.98 Å². The molecule has 0 bridgehead atoms. The number of H-pyrrole nitrogens is 1. The summed E-state index contributed by atoms with van der Waals surface area (Å²) >= 11 is 12.0. The average molecular weight is 330 g/mol. The number of aromatic nitrogens is 1. The topological polar surface area (TPSA) is 32.9 Å². The van der Waals surface area contributed by atoms with Crippen LogP contribution in [0.2, 0.25) is 10.0 Å². The normalized spacial score (nSPS) is 10.7. The molecule has 4 heteroatoms. The van der Waals surface area contributed by atoms with E-state index in [9.17, 15) is 4.79 Å². The summed E-state index contributed by atoms with van der Waals surface area (Å²) in [4.78, 5) is 15.9. The number of hydrogen-bond acceptors (Lipinski definition) is 1. The van der Waals surface area contributed by atoms with Gasteiger partial charge in [0.2, 0.25) is 0 Å². The van der Waals surface area contributed by atoms with Gasteiger partial charge in [-0.05, 0) is 36.8 Å². The molecular formula is C18H13Cl2NO. The Balaban J connectivity index is 2.04. The van der Waals surface area contributed by atoms with E-state index in [1.54, 1.807) is 30.5 Å². The fourth-order valence-electron chi connectivity index (χ4n) is 2.34. The van der Waals surface area contributed by atoms with E-state index in [1.165, 1.54) is 5.56 Å². The third-order valence-electron chi connectivity index (χ3n) is 3.51. The van der Waals surface area contributed by atoms with Crippen LogP contribution in [-0.4, -0.2) is 10.8 Å². The molecule has 1 N–H and O–H groups in total. The second-order valence-corrected chi connectivity index (χ2v) is 5.93. The van der Waals surface area contributed by atoms with Crippen molar-refractivity contribution in [2.45, 2.75) is 6.92 Å². The zero-order valence-electron chi connectivity index (χ0n) is 11.9. The minimum absolute atomic E-state index is 0.126. The van der Waals surface area contributed by atoms with E-state index >= 15 is 0 Å². The molecule has 0 aliphatic carbocycles. The van der Waals surface area contributed by atoms with Gasteiger partial charge in [-0.1, -0.05) is 53.0 Å². The van der Waals surface area contributed by atoms with Gasteiger partial charge in [-0.25, -0.2) is 0 Å². The molecule has 0 radical (unpaired) electrons. The fraction of sp³-hybridized carbons (Fsp3) is 0.0556. The number of halogens is 2. The molecule has 22 heavy (non-hydrogen) atoms. The van der Waals surface area contributed by atoms with Crippen LogP contribution in [0, 0.1) is 6.92 Å². The molecule has 1 aromatic heterocycles. The highest BCUT2D eigenvalue weighted by atomic mass is 35.5. The van der Waals surface area contributed by atoms with Gasteiger partial charge < -0.3 is 4.98 Å². The van der Waals surface area contributed by atoms with Crippen LogP contribution in [-0.2, 0) is 0 Å². The Morgan fingerprint density at radius 3 is 2.36 bits per heavy atom. The predicted molar refractivity (Wildman–Crippen MR) is 90.9 cm³/mol. The zero-order valence-corrected chi connectivity index (χ0v) is 13.4. The van der Waals surface area contributed by atoms with Crippen LogP contribution in [0.25, 0.3) is 11.3 Å². The first-order chi connectivity index (χ1) is 10.6. The lowest BCUT2D eigenvalue weighted by atomic mass is 9.99. The standard InChI is InChI=1S/C18H13Cl2NO/c1-11-2-4-12(5-3-11)17-15(8-9-21-17)18(22)14-7-6-13(19)10-16(14)20/h2-10,21H,1H3. The number of hydrogen-bond donors (Lipinski definition) is 1. The smallest absolute Gasteiger partial charge is 0.196 e. The Morgan fingerprint density at radius 1 is 0.955 bits per heavy atom. The lowest BCUT2D eigenvalue weighted by molar-refractivity contribution is 0.103. The van der Waals surface area contributed by atoms with Gasteiger partial charge in [-0.2, -0.15) is 0 Å². The van der Waals surface area contributed by atoms with E-state index in [0.29, 0.717) is 21.2 Å². The van der Waals surface area contributed by atoms with Crippen molar-refractivity contribution in [1.29, 1.82) is 0 Å². The fourth-order valence-corrected chi connectivity index (χ4v) is 2.83. The summed E-state index contributed by atoms with van der Waals surface area (Å²) in [5, 5.41) is 0.864. The van der Waals surface area contributed by atoms with Gasteiger partial charge in [0.1, 0.15) is 0 Å². The van der Waals surface area contributed by atoms with Gasteiger partial charge in [0.25, 0.3) is 0 Å². The van der Waals surface area contributed by atoms with Gasteiger partial charge in [0.15, 0.2) is 5.78 Å². The lowest BCUT2D eigenvalue weighted by Crippen LogP contribution is -2.03. The van der Waals surface area contributed by atoms with Crippen molar-refractivity contribution in [3.8, 4) is 11.3 Å². The zero-order chi connectivity index (χ0) is 15.7. The van der Waals surface area contributed by atoms with E-state index in [1.807, 2.05) is 31.2 Å². The van der Waals surface area contributed by atoms with Crippen molar-refractivity contribution in [2.75, 3.05) is 0 Å². The van der Waals surface area contributed by atoms with Crippen molar-refractivity contribution < 1.29 is 4.79 Å². The molecule has 0 aliphatic rings. The Labute approximate surface area is 138 Å². The van der Waals surface area contributed by atoms with Crippen molar-refractivity contribution >= 4 is 29.0 Å². The first-order valence-electron chi connectivity index (χ1n) is 6.80. The molecular weight excluding hydrogens is 317 g/mol. The Morgan fingerprint density at radius 2 is 1.68 bits per heavy atom. The van der Waals surface area contributed by atoms with Crippen LogP contribution >= 0.6 is 23.2 Å². The summed E-state index contributed by atoms with van der Waals surface area (Å²) in [7, 11) is 0. The molecule has 0 unspecified atom stereocenters. The van der Waals surface area contributed by atoms with Gasteiger partial charge in [-0.3, -0.25) is 4.79 Å². The highest BCUT2D eigenvalue weighted by Crippen LogP contribution is 2.28. The number of carbonyl (C=O) groups excluding carboxylic acids is 1. The molecule has 0 aliphatic heterocycles. The quantitative estimate of drug-likeness (QED) is 0.630. The summed E-state index contributed by atoms with van der Waals surface area (Å²) in [5.74, 6) is -0.126. The minimum atomic E-state index is -0.126. The van der Waals surface area contributed by atoms with E-state index in [4.69, 9.17) is 23.2 Å². The molecule has 2 nitrogen and oxygen atoms in total. The molecule has 0 fully saturated rings. The van der Waals surface area contributed by atoms with Crippen LogP contribution in [0.4, 0.5) is 0 Å². The molecule has 0 saturated carbocycles. The van der Waals surface area contributed by atoms with Crippen LogP contribution in [0.15, 0.2) is 54.7 Å². The number of carbonyl (C=O) groups is 1. The third-order valence-corrected chi connectivity index (χ3v) is 4.06. The van der Waals surface area contributed by atoms with Gasteiger partial charge in [-0.15, -0.1) is 0 Å².